The predicted molar refractivity (Wildman–Crippen MR) is 73.5 cm³/mol. The molecule has 2 aromatic heterocycles. The molecule has 0 amide bonds. The van der Waals surface area contributed by atoms with Crippen LogP contribution in [0.5, 0.6) is 0 Å². The summed E-state index contributed by atoms with van der Waals surface area (Å²) < 4.78 is 1.66. The Hall–Kier alpha value is -0.980. The molecule has 0 aliphatic carbocycles. The molecule has 0 atom stereocenters. The second-order valence-corrected chi connectivity index (χ2v) is 5.17. The fourth-order valence-corrected chi connectivity index (χ4v) is 2.56. The van der Waals surface area contributed by atoms with E-state index in [4.69, 9.17) is 23.2 Å². The van der Waals surface area contributed by atoms with Crippen molar-refractivity contribution in [1.29, 1.82) is 0 Å². The molecule has 0 saturated heterocycles. The van der Waals surface area contributed by atoms with Crippen molar-refractivity contribution in [2.24, 2.45) is 7.05 Å². The largest absolute Gasteiger partial charge is 0.369 e. The molecule has 0 saturated carbocycles. The van der Waals surface area contributed by atoms with E-state index in [1.807, 2.05) is 14.0 Å². The molecule has 0 radical (unpaired) electrons. The first kappa shape index (κ1) is 13.5. The molecule has 0 bridgehead atoms. The number of hydrogen-bond donors (Lipinski definition) is 1. The third kappa shape index (κ3) is 2.88. The Morgan fingerprint density at radius 1 is 1.39 bits per heavy atom. The zero-order valence-electron chi connectivity index (χ0n) is 9.81. The van der Waals surface area contributed by atoms with Crippen LogP contribution < -0.4 is 5.32 Å². The quantitative estimate of drug-likeness (QED) is 0.940. The van der Waals surface area contributed by atoms with Gasteiger partial charge in [0.25, 0.3) is 0 Å². The van der Waals surface area contributed by atoms with Crippen molar-refractivity contribution < 1.29 is 0 Å². The monoisotopic (exact) mass is 303 g/mol. The minimum Gasteiger partial charge on any atom is -0.369 e. The maximum Gasteiger partial charge on any atom is 0.192 e. The van der Waals surface area contributed by atoms with Gasteiger partial charge in [0.05, 0.1) is 10.0 Å². The topological polar surface area (TPSA) is 55.6 Å². The summed E-state index contributed by atoms with van der Waals surface area (Å²) in [6.45, 7) is 2.71. The summed E-state index contributed by atoms with van der Waals surface area (Å²) in [4.78, 5) is 8.50. The summed E-state index contributed by atoms with van der Waals surface area (Å²) in [5.74, 6) is 0.619. The lowest BCUT2D eigenvalue weighted by molar-refractivity contribution is 0.684. The van der Waals surface area contributed by atoms with Crippen molar-refractivity contribution in [1.82, 2.24) is 19.7 Å². The van der Waals surface area contributed by atoms with E-state index in [1.165, 1.54) is 18.1 Å². The highest BCUT2D eigenvalue weighted by Gasteiger charge is 2.12. The van der Waals surface area contributed by atoms with Crippen molar-refractivity contribution in [3.8, 4) is 0 Å². The standard InChI is InChI=1S/C10H11Cl2N5S/c1-3-13-8-6(11)4-7(12)9(16-8)18-10-14-5-15-17(10)2/h4-5H,3H2,1-2H3,(H,13,16). The summed E-state index contributed by atoms with van der Waals surface area (Å²) in [6.07, 6.45) is 1.48. The van der Waals surface area contributed by atoms with Crippen LogP contribution in [-0.2, 0) is 7.05 Å². The van der Waals surface area contributed by atoms with Crippen molar-refractivity contribution in [2.45, 2.75) is 17.1 Å². The molecule has 18 heavy (non-hydrogen) atoms. The second kappa shape index (κ2) is 5.77. The van der Waals surface area contributed by atoms with Gasteiger partial charge in [0.15, 0.2) is 5.16 Å². The lowest BCUT2D eigenvalue weighted by atomic mass is 10.4. The van der Waals surface area contributed by atoms with Gasteiger partial charge >= 0.3 is 0 Å². The molecule has 0 fully saturated rings. The number of hydrogen-bond acceptors (Lipinski definition) is 5. The Kier molecular flexibility index (Phi) is 4.31. The number of halogens is 2. The molecule has 1 N–H and O–H groups in total. The molecule has 96 valence electrons. The highest BCUT2D eigenvalue weighted by atomic mass is 35.5. The molecule has 0 aromatic carbocycles. The molecular formula is C10H11Cl2N5S. The Balaban J connectivity index is 2.32. The van der Waals surface area contributed by atoms with Gasteiger partial charge in [0.2, 0.25) is 0 Å². The molecule has 8 heteroatoms. The molecule has 2 heterocycles. The van der Waals surface area contributed by atoms with Crippen LogP contribution in [0.4, 0.5) is 5.82 Å². The normalized spacial score (nSPS) is 10.7. The molecule has 0 unspecified atom stereocenters. The number of rotatable bonds is 4. The maximum atomic E-state index is 6.12. The first-order chi connectivity index (χ1) is 8.61. The smallest absolute Gasteiger partial charge is 0.192 e. The summed E-state index contributed by atoms with van der Waals surface area (Å²) in [6, 6.07) is 1.67. The Morgan fingerprint density at radius 3 is 2.78 bits per heavy atom. The molecule has 2 rings (SSSR count). The molecule has 2 aromatic rings. The van der Waals surface area contributed by atoms with E-state index in [0.29, 0.717) is 26.0 Å². The SMILES string of the molecule is CCNc1nc(Sc2ncnn2C)c(Cl)cc1Cl. The van der Waals surface area contributed by atoms with Gasteiger partial charge in [-0.25, -0.2) is 14.6 Å². The van der Waals surface area contributed by atoms with Crippen LogP contribution >= 0.6 is 35.0 Å². The predicted octanol–water partition coefficient (Wildman–Crippen LogP) is 3.10. The summed E-state index contributed by atoms with van der Waals surface area (Å²) >= 11 is 13.5. The molecule has 5 nitrogen and oxygen atoms in total. The van der Waals surface area contributed by atoms with E-state index in [0.717, 1.165) is 6.54 Å². The van der Waals surface area contributed by atoms with Crippen LogP contribution in [0.3, 0.4) is 0 Å². The van der Waals surface area contributed by atoms with E-state index in [1.54, 1.807) is 10.7 Å². The van der Waals surface area contributed by atoms with Gasteiger partial charge in [-0.15, -0.1) is 0 Å². The minimum atomic E-state index is 0.495. The summed E-state index contributed by atoms with van der Waals surface area (Å²) in [7, 11) is 1.81. The first-order valence-corrected chi connectivity index (χ1v) is 6.80. The Bertz CT molecular complexity index is 557. The zero-order valence-corrected chi connectivity index (χ0v) is 12.1. The lowest BCUT2D eigenvalue weighted by Gasteiger charge is -2.08. The van der Waals surface area contributed by atoms with Crippen molar-refractivity contribution in [3.05, 3.63) is 22.4 Å². The molecule has 0 aliphatic heterocycles. The van der Waals surface area contributed by atoms with Gasteiger partial charge in [-0.2, -0.15) is 5.10 Å². The van der Waals surface area contributed by atoms with Crippen LogP contribution in [0.25, 0.3) is 0 Å². The van der Waals surface area contributed by atoms with Crippen molar-refractivity contribution in [3.63, 3.8) is 0 Å². The first-order valence-electron chi connectivity index (χ1n) is 5.23. The van der Waals surface area contributed by atoms with Crippen molar-refractivity contribution >= 4 is 40.8 Å². The number of pyridine rings is 1. The average Bonchev–Trinajstić information content (AvgIpc) is 2.71. The second-order valence-electron chi connectivity index (χ2n) is 3.40. The van der Waals surface area contributed by atoms with Crippen LogP contribution in [0.1, 0.15) is 6.92 Å². The zero-order chi connectivity index (χ0) is 13.1. The number of anilines is 1. The Morgan fingerprint density at radius 2 is 2.17 bits per heavy atom. The van der Waals surface area contributed by atoms with Crippen molar-refractivity contribution in [2.75, 3.05) is 11.9 Å². The van der Waals surface area contributed by atoms with Crippen LogP contribution in [0.15, 0.2) is 22.6 Å². The third-order valence-corrected chi connectivity index (χ3v) is 3.84. The van der Waals surface area contributed by atoms with E-state index in [9.17, 15) is 0 Å². The summed E-state index contributed by atoms with van der Waals surface area (Å²) in [5.41, 5.74) is 0. The molecule has 0 spiro atoms. The van der Waals surface area contributed by atoms with Gasteiger partial charge in [0.1, 0.15) is 17.2 Å². The molecular weight excluding hydrogens is 293 g/mol. The number of nitrogens with zero attached hydrogens (tertiary/aromatic N) is 4. The number of nitrogens with one attached hydrogen (secondary N) is 1. The fraction of sp³-hybridized carbons (Fsp3) is 0.300. The molecule has 0 aliphatic rings. The van der Waals surface area contributed by atoms with Gasteiger partial charge in [-0.05, 0) is 24.8 Å². The maximum absolute atomic E-state index is 6.12. The highest BCUT2D eigenvalue weighted by Crippen LogP contribution is 2.34. The van der Waals surface area contributed by atoms with Crippen LogP contribution in [-0.4, -0.2) is 26.3 Å². The van der Waals surface area contributed by atoms with Gasteiger partial charge < -0.3 is 5.32 Å². The van der Waals surface area contributed by atoms with E-state index >= 15 is 0 Å². The third-order valence-electron chi connectivity index (χ3n) is 2.10. The minimum absolute atomic E-state index is 0.495. The summed E-state index contributed by atoms with van der Waals surface area (Å²) in [5, 5.41) is 9.43. The van der Waals surface area contributed by atoms with Crippen LogP contribution in [0, 0.1) is 0 Å². The van der Waals surface area contributed by atoms with E-state index in [2.05, 4.69) is 20.4 Å². The van der Waals surface area contributed by atoms with Crippen LogP contribution in [0.2, 0.25) is 10.0 Å². The lowest BCUT2D eigenvalue weighted by Crippen LogP contribution is -2.01. The highest BCUT2D eigenvalue weighted by molar-refractivity contribution is 7.99. The number of aromatic nitrogens is 4. The van der Waals surface area contributed by atoms with E-state index < -0.39 is 0 Å². The van der Waals surface area contributed by atoms with Gasteiger partial charge in [-0.1, -0.05) is 23.2 Å². The van der Waals surface area contributed by atoms with E-state index in [-0.39, 0.29) is 0 Å². The average molecular weight is 304 g/mol. The Labute approximate surface area is 119 Å². The van der Waals surface area contributed by atoms with Gasteiger partial charge in [-0.3, -0.25) is 0 Å². The number of aryl methyl sites for hydroxylation is 1. The van der Waals surface area contributed by atoms with Gasteiger partial charge in [0, 0.05) is 13.6 Å². The fourth-order valence-electron chi connectivity index (χ4n) is 1.28.